The van der Waals surface area contributed by atoms with Crippen LogP contribution in [0, 0.1) is 50.2 Å². The minimum absolute atomic E-state index is 0.0187. The highest BCUT2D eigenvalue weighted by Gasteiger charge is 2.69. The smallest absolute Gasteiger partial charge is 0.337 e. The van der Waals surface area contributed by atoms with Gasteiger partial charge in [0.15, 0.2) is 12.4 Å². The number of ether oxygens (including phenoxy) is 3. The van der Waals surface area contributed by atoms with Crippen molar-refractivity contribution in [2.24, 2.45) is 50.2 Å². The van der Waals surface area contributed by atoms with E-state index >= 15 is 0 Å². The summed E-state index contributed by atoms with van der Waals surface area (Å²) >= 11 is 0. The first-order valence-corrected chi connectivity index (χ1v) is 17.7. The molecule has 5 aliphatic carbocycles. The van der Waals surface area contributed by atoms with Crippen LogP contribution in [0.3, 0.4) is 0 Å². The van der Waals surface area contributed by atoms with Crippen LogP contribution in [-0.2, 0) is 23.8 Å². The molecule has 6 aliphatic rings. The molecule has 0 bridgehead atoms. The van der Waals surface area contributed by atoms with Gasteiger partial charge in [-0.1, -0.05) is 60.1 Å². The Kier molecular flexibility index (Phi) is 8.21. The monoisotopic (exact) mass is 646 g/mol. The Bertz CT molecular complexity index is 1280. The Morgan fingerprint density at radius 1 is 0.848 bits per heavy atom. The van der Waals surface area contributed by atoms with E-state index in [1.54, 1.807) is 0 Å². The number of rotatable bonds is 4. The number of allylic oxidation sites excluding steroid dienone is 2. The number of carbonyl (C=O) groups is 2. The van der Waals surface area contributed by atoms with Gasteiger partial charge >= 0.3 is 11.9 Å². The highest BCUT2D eigenvalue weighted by Crippen LogP contribution is 2.76. The molecular weight excluding hydrogens is 588 g/mol. The number of hydrogen-bond donors (Lipinski definition) is 4. The topological polar surface area (TPSA) is 143 Å². The van der Waals surface area contributed by atoms with Crippen molar-refractivity contribution < 1.29 is 44.2 Å². The van der Waals surface area contributed by atoms with Gasteiger partial charge in [0.05, 0.1) is 18.6 Å². The summed E-state index contributed by atoms with van der Waals surface area (Å²) in [6.45, 7) is 16.5. The van der Waals surface area contributed by atoms with E-state index in [0.717, 1.165) is 64.2 Å². The second kappa shape index (κ2) is 11.0. The molecule has 46 heavy (non-hydrogen) atoms. The van der Waals surface area contributed by atoms with Gasteiger partial charge in [-0.05, 0) is 109 Å². The molecule has 1 heterocycles. The van der Waals surface area contributed by atoms with E-state index < -0.39 is 48.1 Å². The molecule has 0 aromatic heterocycles. The average molecular weight is 647 g/mol. The predicted octanol–water partition coefficient (Wildman–Crippen LogP) is 5.24. The maximum absolute atomic E-state index is 13.0. The SMILES string of the molecule is COC(=O)C1OC(OC2CCC3(C)C(CCC4(C)C3CC=C3C5CC(C)(C)CCC5(C(=O)O)CCC34C)C2(C)C)C(O)C(O)C1O. The number of aliphatic carboxylic acids is 1. The van der Waals surface area contributed by atoms with Crippen LogP contribution in [0.5, 0.6) is 0 Å². The van der Waals surface area contributed by atoms with Crippen molar-refractivity contribution >= 4 is 11.9 Å². The Hall–Kier alpha value is -1.52. The van der Waals surface area contributed by atoms with Crippen molar-refractivity contribution in [3.63, 3.8) is 0 Å². The molecule has 9 nitrogen and oxygen atoms in total. The van der Waals surface area contributed by atoms with Gasteiger partial charge in [-0.2, -0.15) is 0 Å². The molecule has 5 fully saturated rings. The number of hydrogen-bond acceptors (Lipinski definition) is 8. The molecule has 4 saturated carbocycles. The normalized spacial score (nSPS) is 50.9. The van der Waals surface area contributed by atoms with Gasteiger partial charge in [0, 0.05) is 0 Å². The number of esters is 1. The number of carboxylic acid groups (broad SMARTS) is 1. The summed E-state index contributed by atoms with van der Waals surface area (Å²) in [6.07, 6.45) is 3.73. The van der Waals surface area contributed by atoms with E-state index in [1.165, 1.54) is 12.7 Å². The molecule has 0 aromatic carbocycles. The van der Waals surface area contributed by atoms with Crippen LogP contribution >= 0.6 is 0 Å². The third-order valence-electron chi connectivity index (χ3n) is 15.3. The van der Waals surface area contributed by atoms with E-state index in [1.807, 2.05) is 0 Å². The highest BCUT2D eigenvalue weighted by atomic mass is 16.7. The van der Waals surface area contributed by atoms with Crippen molar-refractivity contribution in [1.29, 1.82) is 0 Å². The van der Waals surface area contributed by atoms with Crippen molar-refractivity contribution in [2.45, 2.75) is 149 Å². The maximum atomic E-state index is 13.0. The number of aliphatic hydroxyl groups is 3. The maximum Gasteiger partial charge on any atom is 0.337 e. The summed E-state index contributed by atoms with van der Waals surface area (Å²) < 4.78 is 17.0. The van der Waals surface area contributed by atoms with Gasteiger partial charge in [-0.3, -0.25) is 4.79 Å². The third-order valence-corrected chi connectivity index (χ3v) is 15.3. The fraction of sp³-hybridized carbons (Fsp3) is 0.892. The Labute approximate surface area is 274 Å². The van der Waals surface area contributed by atoms with Crippen LogP contribution in [-0.4, -0.2) is 76.3 Å². The standard InChI is InChI=1S/C37H58O9/c1-32(2)15-17-37(31(42)43)18-16-35(6)20(21(37)19-32)9-10-23-34(5)13-12-24(33(3,4)22(34)11-14-36(23,35)7)45-30-27(40)25(38)26(39)28(46-30)29(41)44-8/h9,21-28,30,38-40H,10-19H2,1-8H3,(H,42,43). The van der Waals surface area contributed by atoms with E-state index in [4.69, 9.17) is 14.2 Å². The van der Waals surface area contributed by atoms with Crippen LogP contribution in [0.4, 0.5) is 0 Å². The molecule has 9 heteroatoms. The van der Waals surface area contributed by atoms with Gasteiger partial charge in [-0.25, -0.2) is 4.79 Å². The quantitative estimate of drug-likeness (QED) is 0.183. The van der Waals surface area contributed by atoms with Crippen LogP contribution in [0.15, 0.2) is 11.6 Å². The molecule has 13 unspecified atom stereocenters. The van der Waals surface area contributed by atoms with Gasteiger partial charge in [0.2, 0.25) is 0 Å². The number of methoxy groups -OCH3 is 1. The number of aliphatic hydroxyl groups excluding tert-OH is 3. The first-order valence-electron chi connectivity index (χ1n) is 17.7. The lowest BCUT2D eigenvalue weighted by Gasteiger charge is -2.71. The van der Waals surface area contributed by atoms with Crippen LogP contribution in [0.1, 0.15) is 113 Å². The minimum atomic E-state index is -1.62. The van der Waals surface area contributed by atoms with E-state index in [-0.39, 0.29) is 39.1 Å². The lowest BCUT2D eigenvalue weighted by Crippen LogP contribution is -2.66. The molecule has 0 amide bonds. The highest BCUT2D eigenvalue weighted by molar-refractivity contribution is 5.77. The van der Waals surface area contributed by atoms with Crippen LogP contribution in [0.2, 0.25) is 0 Å². The fourth-order valence-electron chi connectivity index (χ4n) is 12.3. The summed E-state index contributed by atoms with van der Waals surface area (Å²) in [4.78, 5) is 25.2. The number of fused-ring (bicyclic) bond motifs is 7. The van der Waals surface area contributed by atoms with E-state index in [0.29, 0.717) is 11.8 Å². The van der Waals surface area contributed by atoms with Crippen LogP contribution in [0.25, 0.3) is 0 Å². The summed E-state index contributed by atoms with van der Waals surface area (Å²) in [5, 5.41) is 42.4. The van der Waals surface area contributed by atoms with Crippen molar-refractivity contribution in [3.05, 3.63) is 11.6 Å². The molecule has 0 aromatic rings. The van der Waals surface area contributed by atoms with Gasteiger partial charge in [0.25, 0.3) is 0 Å². The zero-order valence-corrected chi connectivity index (χ0v) is 29.2. The predicted molar refractivity (Wildman–Crippen MR) is 170 cm³/mol. The second-order valence-corrected chi connectivity index (χ2v) is 18.1. The summed E-state index contributed by atoms with van der Waals surface area (Å²) in [5.74, 6) is -0.600. The zero-order valence-electron chi connectivity index (χ0n) is 29.2. The zero-order chi connectivity index (χ0) is 33.8. The van der Waals surface area contributed by atoms with Crippen LogP contribution < -0.4 is 0 Å². The summed E-state index contributed by atoms with van der Waals surface area (Å²) in [7, 11) is 1.18. The minimum Gasteiger partial charge on any atom is -0.481 e. The van der Waals surface area contributed by atoms with E-state index in [2.05, 4.69) is 54.5 Å². The largest absolute Gasteiger partial charge is 0.481 e. The van der Waals surface area contributed by atoms with Crippen molar-refractivity contribution in [1.82, 2.24) is 0 Å². The molecular formula is C37H58O9. The molecule has 1 saturated heterocycles. The Morgan fingerprint density at radius 2 is 1.52 bits per heavy atom. The van der Waals surface area contributed by atoms with Crippen molar-refractivity contribution in [3.8, 4) is 0 Å². The number of carboxylic acids is 1. The molecule has 4 N–H and O–H groups in total. The molecule has 260 valence electrons. The average Bonchev–Trinajstić information content (AvgIpc) is 2.98. The number of carbonyl (C=O) groups excluding carboxylic acids is 1. The summed E-state index contributed by atoms with van der Waals surface area (Å²) in [5.41, 5.74) is 0.605. The fourth-order valence-corrected chi connectivity index (χ4v) is 12.3. The van der Waals surface area contributed by atoms with Gasteiger partial charge in [-0.15, -0.1) is 0 Å². The first kappa shape index (κ1) is 34.3. The molecule has 13 atom stereocenters. The summed E-state index contributed by atoms with van der Waals surface area (Å²) in [6, 6.07) is 0. The third kappa shape index (κ3) is 4.64. The first-order chi connectivity index (χ1) is 21.3. The van der Waals surface area contributed by atoms with Gasteiger partial charge in [0.1, 0.15) is 18.3 Å². The lowest BCUT2D eigenvalue weighted by molar-refractivity contribution is -0.324. The lowest BCUT2D eigenvalue weighted by atomic mass is 9.33. The Balaban J connectivity index is 1.28. The molecule has 1 aliphatic heterocycles. The Morgan fingerprint density at radius 3 is 2.17 bits per heavy atom. The molecule has 0 spiro atoms. The molecule has 0 radical (unpaired) electrons. The molecule has 6 rings (SSSR count). The second-order valence-electron chi connectivity index (χ2n) is 18.1. The van der Waals surface area contributed by atoms with E-state index in [9.17, 15) is 30.0 Å². The van der Waals surface area contributed by atoms with Crippen molar-refractivity contribution in [2.75, 3.05) is 7.11 Å². The van der Waals surface area contributed by atoms with Gasteiger partial charge < -0.3 is 34.6 Å².